The number of hydrogen-bond acceptors (Lipinski definition) is 4. The molecule has 2 rings (SSSR count). The average Bonchev–Trinajstić information content (AvgIpc) is 2.98. The van der Waals surface area contributed by atoms with Crippen molar-refractivity contribution in [1.29, 1.82) is 0 Å². The molecule has 0 spiro atoms. The number of urea groups is 1. The van der Waals surface area contributed by atoms with Crippen LogP contribution in [0.3, 0.4) is 0 Å². The molecule has 0 saturated carbocycles. The van der Waals surface area contributed by atoms with E-state index in [0.29, 0.717) is 24.6 Å². The minimum absolute atomic E-state index is 0.0269. The second-order valence-electron chi connectivity index (χ2n) is 5.68. The zero-order chi connectivity index (χ0) is 16.8. The smallest absolute Gasteiger partial charge is 0.315 e. The minimum Gasteiger partial charge on any atom is -0.454 e. The van der Waals surface area contributed by atoms with Gasteiger partial charge in [-0.25, -0.2) is 4.79 Å². The van der Waals surface area contributed by atoms with Gasteiger partial charge < -0.3 is 25.4 Å². The third-order valence-corrected chi connectivity index (χ3v) is 3.48. The predicted molar refractivity (Wildman–Crippen MR) is 85.4 cm³/mol. The molecule has 7 heteroatoms. The highest BCUT2D eigenvalue weighted by Crippen LogP contribution is 2.34. The summed E-state index contributed by atoms with van der Waals surface area (Å²) in [5, 5.41) is 8.29. The van der Waals surface area contributed by atoms with Crippen LogP contribution in [0.4, 0.5) is 4.79 Å². The first-order chi connectivity index (χ1) is 11.0. The number of carbonyl (C=O) groups is 2. The van der Waals surface area contributed by atoms with Crippen LogP contribution in [-0.4, -0.2) is 31.8 Å². The molecule has 1 aromatic rings. The topological polar surface area (TPSA) is 88.7 Å². The lowest BCUT2D eigenvalue weighted by atomic mass is 10.1. The fraction of sp³-hybridized carbons (Fsp3) is 0.500. The summed E-state index contributed by atoms with van der Waals surface area (Å²) < 4.78 is 10.6. The first kappa shape index (κ1) is 16.9. The lowest BCUT2D eigenvalue weighted by Crippen LogP contribution is -2.41. The summed E-state index contributed by atoms with van der Waals surface area (Å²) in [6, 6.07) is 5.12. The molecule has 3 amide bonds. The number of nitrogens with one attached hydrogen (secondary N) is 3. The molecule has 1 aliphatic rings. The van der Waals surface area contributed by atoms with Gasteiger partial charge in [0.05, 0.1) is 6.04 Å². The Morgan fingerprint density at radius 2 is 1.78 bits per heavy atom. The molecule has 3 N–H and O–H groups in total. The highest BCUT2D eigenvalue weighted by Gasteiger charge is 2.16. The van der Waals surface area contributed by atoms with Crippen molar-refractivity contribution in [2.45, 2.75) is 26.8 Å². The number of benzene rings is 1. The Balaban J connectivity index is 1.73. The van der Waals surface area contributed by atoms with E-state index in [2.05, 4.69) is 16.0 Å². The number of hydrogen-bond donors (Lipinski definition) is 3. The Morgan fingerprint density at radius 1 is 1.09 bits per heavy atom. The van der Waals surface area contributed by atoms with Crippen molar-refractivity contribution in [2.75, 3.05) is 19.9 Å². The molecule has 1 heterocycles. The van der Waals surface area contributed by atoms with Crippen molar-refractivity contribution in [3.8, 4) is 11.5 Å². The third-order valence-electron chi connectivity index (χ3n) is 3.48. The maximum atomic E-state index is 11.8. The molecule has 1 aliphatic heterocycles. The molecular weight excluding hydrogens is 298 g/mol. The molecule has 1 atom stereocenters. The Morgan fingerprint density at radius 3 is 2.52 bits per heavy atom. The maximum absolute atomic E-state index is 11.8. The van der Waals surface area contributed by atoms with Crippen LogP contribution in [0.1, 0.15) is 32.4 Å². The van der Waals surface area contributed by atoms with Gasteiger partial charge in [-0.05, 0) is 24.6 Å². The van der Waals surface area contributed by atoms with E-state index in [9.17, 15) is 9.59 Å². The monoisotopic (exact) mass is 321 g/mol. The van der Waals surface area contributed by atoms with Crippen LogP contribution < -0.4 is 25.4 Å². The zero-order valence-corrected chi connectivity index (χ0v) is 13.6. The fourth-order valence-electron chi connectivity index (χ4n) is 2.08. The number of ether oxygens (including phenoxy) is 2. The molecule has 1 aromatic carbocycles. The van der Waals surface area contributed by atoms with Crippen LogP contribution in [-0.2, 0) is 4.79 Å². The molecule has 0 aliphatic carbocycles. The molecule has 0 aromatic heterocycles. The van der Waals surface area contributed by atoms with E-state index in [0.717, 1.165) is 5.56 Å². The Labute approximate surface area is 135 Å². The molecule has 0 bridgehead atoms. The van der Waals surface area contributed by atoms with Crippen LogP contribution >= 0.6 is 0 Å². The van der Waals surface area contributed by atoms with Crippen molar-refractivity contribution >= 4 is 11.9 Å². The molecule has 23 heavy (non-hydrogen) atoms. The standard InChI is InChI=1S/C16H23N3O4/c1-10(2)15(20)17-6-7-18-16(21)19-11(3)12-4-5-13-14(8-12)23-9-22-13/h4-5,8,10-11H,6-7,9H2,1-3H3,(H,17,20)(H2,18,19,21)/t11-/m1/s1. The molecule has 0 unspecified atom stereocenters. The summed E-state index contributed by atoms with van der Waals surface area (Å²) >= 11 is 0. The van der Waals surface area contributed by atoms with Gasteiger partial charge in [0.25, 0.3) is 0 Å². The van der Waals surface area contributed by atoms with Crippen molar-refractivity contribution in [1.82, 2.24) is 16.0 Å². The second-order valence-corrected chi connectivity index (χ2v) is 5.68. The van der Waals surface area contributed by atoms with E-state index in [4.69, 9.17) is 9.47 Å². The lowest BCUT2D eigenvalue weighted by molar-refractivity contribution is -0.123. The summed E-state index contributed by atoms with van der Waals surface area (Å²) in [6.45, 7) is 6.53. The van der Waals surface area contributed by atoms with E-state index in [-0.39, 0.29) is 30.7 Å². The van der Waals surface area contributed by atoms with Crippen LogP contribution in [0.15, 0.2) is 18.2 Å². The summed E-state index contributed by atoms with van der Waals surface area (Å²) in [5.41, 5.74) is 0.928. The van der Waals surface area contributed by atoms with Gasteiger partial charge in [-0.2, -0.15) is 0 Å². The first-order valence-electron chi connectivity index (χ1n) is 7.69. The minimum atomic E-state index is -0.283. The molecule has 7 nitrogen and oxygen atoms in total. The summed E-state index contributed by atoms with van der Waals surface area (Å²) in [4.78, 5) is 23.2. The lowest BCUT2D eigenvalue weighted by Gasteiger charge is -2.16. The van der Waals surface area contributed by atoms with Gasteiger partial charge in [-0.1, -0.05) is 19.9 Å². The quantitative estimate of drug-likeness (QED) is 0.694. The third kappa shape index (κ3) is 4.77. The van der Waals surface area contributed by atoms with Crippen molar-refractivity contribution in [3.63, 3.8) is 0 Å². The van der Waals surface area contributed by atoms with Gasteiger partial charge in [0.2, 0.25) is 12.7 Å². The van der Waals surface area contributed by atoms with E-state index >= 15 is 0 Å². The van der Waals surface area contributed by atoms with E-state index in [1.54, 1.807) is 0 Å². The van der Waals surface area contributed by atoms with Gasteiger partial charge in [0.15, 0.2) is 11.5 Å². The SMILES string of the molecule is CC(C)C(=O)NCCNC(=O)N[C@H](C)c1ccc2c(c1)OCO2. The van der Waals surface area contributed by atoms with Crippen LogP contribution in [0, 0.1) is 5.92 Å². The second kappa shape index (κ2) is 7.71. The van der Waals surface area contributed by atoms with Gasteiger partial charge in [-0.3, -0.25) is 4.79 Å². The molecule has 0 saturated heterocycles. The number of carbonyl (C=O) groups excluding carboxylic acids is 2. The summed E-state index contributed by atoms with van der Waals surface area (Å²) in [6.07, 6.45) is 0. The van der Waals surface area contributed by atoms with Gasteiger partial charge in [0, 0.05) is 19.0 Å². The van der Waals surface area contributed by atoms with Crippen molar-refractivity contribution in [2.24, 2.45) is 5.92 Å². The normalized spacial score (nSPS) is 13.6. The number of fused-ring (bicyclic) bond motifs is 1. The highest BCUT2D eigenvalue weighted by molar-refractivity contribution is 5.78. The average molecular weight is 321 g/mol. The van der Waals surface area contributed by atoms with Crippen molar-refractivity contribution < 1.29 is 19.1 Å². The van der Waals surface area contributed by atoms with Gasteiger partial charge in [-0.15, -0.1) is 0 Å². The Kier molecular flexibility index (Phi) is 5.67. The predicted octanol–water partition coefficient (Wildman–Crippen LogP) is 1.55. The van der Waals surface area contributed by atoms with Gasteiger partial charge >= 0.3 is 6.03 Å². The van der Waals surface area contributed by atoms with Crippen LogP contribution in [0.2, 0.25) is 0 Å². The van der Waals surface area contributed by atoms with Gasteiger partial charge in [0.1, 0.15) is 0 Å². The van der Waals surface area contributed by atoms with E-state index in [1.165, 1.54) is 0 Å². The molecular formula is C16H23N3O4. The maximum Gasteiger partial charge on any atom is 0.315 e. The van der Waals surface area contributed by atoms with E-state index < -0.39 is 0 Å². The zero-order valence-electron chi connectivity index (χ0n) is 13.6. The molecule has 0 radical (unpaired) electrons. The Hall–Kier alpha value is -2.44. The number of amides is 3. The fourth-order valence-corrected chi connectivity index (χ4v) is 2.08. The van der Waals surface area contributed by atoms with E-state index in [1.807, 2.05) is 39.0 Å². The summed E-state index contributed by atoms with van der Waals surface area (Å²) in [7, 11) is 0. The summed E-state index contributed by atoms with van der Waals surface area (Å²) in [5.74, 6) is 1.31. The number of rotatable bonds is 6. The molecule has 126 valence electrons. The first-order valence-corrected chi connectivity index (χ1v) is 7.69. The van der Waals surface area contributed by atoms with Crippen molar-refractivity contribution in [3.05, 3.63) is 23.8 Å². The highest BCUT2D eigenvalue weighted by atomic mass is 16.7. The molecule has 0 fully saturated rings. The van der Waals surface area contributed by atoms with Crippen LogP contribution in [0.25, 0.3) is 0 Å². The Bertz CT molecular complexity index is 574. The van der Waals surface area contributed by atoms with Crippen LogP contribution in [0.5, 0.6) is 11.5 Å². The largest absolute Gasteiger partial charge is 0.454 e.